The number of benzene rings is 1. The topological polar surface area (TPSA) is 112 Å². The molecule has 4 saturated carbocycles. The van der Waals surface area contributed by atoms with Gasteiger partial charge in [0.2, 0.25) is 11.8 Å². The van der Waals surface area contributed by atoms with Crippen LogP contribution in [0.2, 0.25) is 0 Å². The van der Waals surface area contributed by atoms with Gasteiger partial charge >= 0.3 is 0 Å². The van der Waals surface area contributed by atoms with Gasteiger partial charge in [-0.2, -0.15) is 5.26 Å². The third-order valence-electron chi connectivity index (χ3n) is 8.60. The zero-order valence-corrected chi connectivity index (χ0v) is 19.3. The van der Waals surface area contributed by atoms with Crippen molar-refractivity contribution in [2.45, 2.75) is 82.5 Å². The second-order valence-electron chi connectivity index (χ2n) is 11.1. The highest BCUT2D eigenvalue weighted by Crippen LogP contribution is 2.72. The number of ether oxygens (including phenoxy) is 1. The number of nitrogens with one attached hydrogen (secondary N) is 2. The Morgan fingerprint density at radius 2 is 1.94 bits per heavy atom. The quantitative estimate of drug-likeness (QED) is 0.628. The average Bonchev–Trinajstić information content (AvgIpc) is 3.09. The molecule has 0 aromatic heterocycles. The van der Waals surface area contributed by atoms with E-state index in [1.807, 2.05) is 12.1 Å². The van der Waals surface area contributed by atoms with Gasteiger partial charge in [-0.25, -0.2) is 0 Å². The maximum absolute atomic E-state index is 12.9. The molecule has 2 heterocycles. The molecule has 3 atom stereocenters. The number of carbonyl (C=O) groups excluding carboxylic acids is 3. The minimum absolute atomic E-state index is 0.0201. The van der Waals surface area contributed by atoms with Gasteiger partial charge in [-0.3, -0.25) is 19.7 Å². The van der Waals surface area contributed by atoms with Crippen LogP contribution in [-0.4, -0.2) is 47.4 Å². The first-order valence-electron chi connectivity index (χ1n) is 12.5. The lowest BCUT2D eigenvalue weighted by molar-refractivity contribution is -0.161. The van der Waals surface area contributed by atoms with Gasteiger partial charge in [-0.15, -0.1) is 0 Å². The van der Waals surface area contributed by atoms with Gasteiger partial charge in [-0.1, -0.05) is 6.42 Å². The van der Waals surface area contributed by atoms with Crippen molar-refractivity contribution in [3.05, 3.63) is 29.3 Å². The maximum atomic E-state index is 12.9. The number of imide groups is 1. The van der Waals surface area contributed by atoms with E-state index in [0.717, 1.165) is 56.4 Å². The highest BCUT2D eigenvalue weighted by atomic mass is 16.5. The SMILES string of the molecule is N#CC12CC(CN[C@@H]3CCCC[C@@H]3Oc3ccc4c(c3)CN(C3CCC(=O)NC3=O)C4=O)(C1)C2. The van der Waals surface area contributed by atoms with Crippen LogP contribution in [-0.2, 0) is 16.1 Å². The van der Waals surface area contributed by atoms with Crippen LogP contribution in [0.25, 0.3) is 0 Å². The van der Waals surface area contributed by atoms with E-state index in [2.05, 4.69) is 16.7 Å². The molecule has 8 heteroatoms. The summed E-state index contributed by atoms with van der Waals surface area (Å²) in [4.78, 5) is 38.2. The molecule has 1 unspecified atom stereocenters. The fourth-order valence-electron chi connectivity index (χ4n) is 6.92. The van der Waals surface area contributed by atoms with E-state index < -0.39 is 11.9 Å². The predicted molar refractivity (Wildman–Crippen MR) is 121 cm³/mol. The van der Waals surface area contributed by atoms with Crippen molar-refractivity contribution in [2.75, 3.05) is 6.54 Å². The number of hydrogen-bond donors (Lipinski definition) is 2. The van der Waals surface area contributed by atoms with E-state index in [0.29, 0.717) is 23.9 Å². The van der Waals surface area contributed by atoms with Crippen LogP contribution in [0.15, 0.2) is 18.2 Å². The van der Waals surface area contributed by atoms with Crippen molar-refractivity contribution >= 4 is 17.7 Å². The molecule has 1 aromatic carbocycles. The van der Waals surface area contributed by atoms with E-state index in [1.54, 1.807) is 11.0 Å². The number of hydrogen-bond acceptors (Lipinski definition) is 6. The normalized spacial score (nSPS) is 36.1. The summed E-state index contributed by atoms with van der Waals surface area (Å²) in [6, 6.07) is 7.75. The number of piperidine rings is 1. The predicted octanol–water partition coefficient (Wildman–Crippen LogP) is 2.42. The second kappa shape index (κ2) is 7.81. The van der Waals surface area contributed by atoms with Crippen molar-refractivity contribution in [3.63, 3.8) is 0 Å². The van der Waals surface area contributed by atoms with Crippen molar-refractivity contribution in [2.24, 2.45) is 10.8 Å². The van der Waals surface area contributed by atoms with E-state index in [4.69, 9.17) is 4.74 Å². The average molecular weight is 463 g/mol. The Kier molecular flexibility index (Phi) is 4.96. The Labute approximate surface area is 199 Å². The van der Waals surface area contributed by atoms with Gasteiger partial charge in [-0.05, 0) is 74.1 Å². The Morgan fingerprint density at radius 1 is 1.15 bits per heavy atom. The summed E-state index contributed by atoms with van der Waals surface area (Å²) in [6.45, 7) is 1.31. The molecule has 4 aliphatic carbocycles. The lowest BCUT2D eigenvalue weighted by atomic mass is 9.35. The number of nitrogens with zero attached hydrogens (tertiary/aromatic N) is 2. The van der Waals surface area contributed by atoms with Crippen LogP contribution in [0, 0.1) is 22.2 Å². The molecule has 2 bridgehead atoms. The molecule has 3 amide bonds. The lowest BCUT2D eigenvalue weighted by Gasteiger charge is -2.67. The van der Waals surface area contributed by atoms with Crippen LogP contribution in [0.5, 0.6) is 5.75 Å². The molecule has 0 radical (unpaired) electrons. The van der Waals surface area contributed by atoms with Crippen molar-refractivity contribution in [3.8, 4) is 11.8 Å². The Balaban J connectivity index is 1.10. The minimum Gasteiger partial charge on any atom is -0.489 e. The Hall–Kier alpha value is -2.92. The summed E-state index contributed by atoms with van der Waals surface area (Å²) in [5.41, 5.74) is 1.77. The van der Waals surface area contributed by atoms with Crippen LogP contribution >= 0.6 is 0 Å². The summed E-state index contributed by atoms with van der Waals surface area (Å²) >= 11 is 0. The van der Waals surface area contributed by atoms with Crippen molar-refractivity contribution in [1.29, 1.82) is 5.26 Å². The third kappa shape index (κ3) is 3.49. The molecule has 178 valence electrons. The molecular weight excluding hydrogens is 432 g/mol. The van der Waals surface area contributed by atoms with Gasteiger partial charge in [0.15, 0.2) is 0 Å². The molecule has 1 aromatic rings. The summed E-state index contributed by atoms with van der Waals surface area (Å²) in [5, 5.41) is 15.4. The number of fused-ring (bicyclic) bond motifs is 1. The molecule has 7 rings (SSSR count). The molecule has 2 N–H and O–H groups in total. The third-order valence-corrected chi connectivity index (χ3v) is 8.60. The molecule has 8 nitrogen and oxygen atoms in total. The summed E-state index contributed by atoms with van der Waals surface area (Å²) in [7, 11) is 0. The van der Waals surface area contributed by atoms with Crippen LogP contribution in [0.1, 0.15) is 73.7 Å². The summed E-state index contributed by atoms with van der Waals surface area (Å²) < 4.78 is 6.45. The molecule has 6 aliphatic rings. The first-order chi connectivity index (χ1) is 16.4. The summed E-state index contributed by atoms with van der Waals surface area (Å²) in [6.07, 6.45) is 8.18. The summed E-state index contributed by atoms with van der Waals surface area (Å²) in [5.74, 6) is -0.0870. The molecular formula is C26H30N4O4. The maximum Gasteiger partial charge on any atom is 0.255 e. The largest absolute Gasteiger partial charge is 0.489 e. The van der Waals surface area contributed by atoms with Crippen LogP contribution < -0.4 is 15.4 Å². The minimum atomic E-state index is -0.606. The van der Waals surface area contributed by atoms with Gasteiger partial charge < -0.3 is 15.0 Å². The van der Waals surface area contributed by atoms with E-state index in [1.165, 1.54) is 6.42 Å². The first-order valence-corrected chi connectivity index (χ1v) is 12.5. The van der Waals surface area contributed by atoms with E-state index in [-0.39, 0.29) is 35.8 Å². The fraction of sp³-hybridized carbons (Fsp3) is 0.615. The smallest absolute Gasteiger partial charge is 0.255 e. The number of rotatable bonds is 6. The van der Waals surface area contributed by atoms with Crippen molar-refractivity contribution in [1.82, 2.24) is 15.5 Å². The first kappa shape index (κ1) is 21.6. The molecule has 34 heavy (non-hydrogen) atoms. The monoisotopic (exact) mass is 462 g/mol. The zero-order chi connectivity index (χ0) is 23.5. The van der Waals surface area contributed by atoms with Crippen LogP contribution in [0.4, 0.5) is 0 Å². The lowest BCUT2D eigenvalue weighted by Crippen LogP contribution is -2.65. The molecule has 0 spiro atoms. The standard InChI is InChI=1S/C26H30N4O4/c27-14-25-11-26(12-25,13-25)15-28-19-3-1-2-4-21(19)34-17-5-6-18-16(9-17)10-30(24(18)33)20-7-8-22(31)29-23(20)32/h5-6,9,19-21,28H,1-4,7-8,10-13,15H2,(H,29,31,32)/t19-,20?,21+,25?,26?/m1/s1. The van der Waals surface area contributed by atoms with E-state index in [9.17, 15) is 19.6 Å². The van der Waals surface area contributed by atoms with Gasteiger partial charge in [0.25, 0.3) is 5.91 Å². The number of carbonyl (C=O) groups is 3. The molecule has 1 saturated heterocycles. The zero-order valence-electron chi connectivity index (χ0n) is 19.3. The number of nitriles is 1. The highest BCUT2D eigenvalue weighted by molar-refractivity contribution is 6.05. The Bertz CT molecular complexity index is 1090. The van der Waals surface area contributed by atoms with Gasteiger partial charge in [0, 0.05) is 31.1 Å². The fourth-order valence-corrected chi connectivity index (χ4v) is 6.92. The second-order valence-corrected chi connectivity index (χ2v) is 11.1. The van der Waals surface area contributed by atoms with Crippen LogP contribution in [0.3, 0.4) is 0 Å². The molecule has 2 aliphatic heterocycles. The van der Waals surface area contributed by atoms with Crippen molar-refractivity contribution < 1.29 is 19.1 Å². The number of amides is 3. The van der Waals surface area contributed by atoms with E-state index >= 15 is 0 Å². The van der Waals surface area contributed by atoms with Gasteiger partial charge in [0.1, 0.15) is 17.9 Å². The Morgan fingerprint density at radius 3 is 2.71 bits per heavy atom. The van der Waals surface area contributed by atoms with Gasteiger partial charge in [0.05, 0.1) is 11.5 Å². The highest BCUT2D eigenvalue weighted by Gasteiger charge is 2.68. The molecule has 5 fully saturated rings.